The number of hydrogen-bond donors (Lipinski definition) is 2. The molecular formula is C21H22N4O3. The Bertz CT molecular complexity index is 1070. The molecule has 7 heteroatoms. The van der Waals surface area contributed by atoms with Crippen LogP contribution < -0.4 is 16.2 Å². The maximum Gasteiger partial charge on any atom is 0.265 e. The van der Waals surface area contributed by atoms with Crippen LogP contribution in [-0.2, 0) is 4.79 Å². The maximum atomic E-state index is 12.8. The smallest absolute Gasteiger partial charge is 0.265 e. The molecule has 7 nitrogen and oxygen atoms in total. The number of rotatable bonds is 6. The summed E-state index contributed by atoms with van der Waals surface area (Å²) in [6.07, 6.45) is 0.837. The zero-order valence-corrected chi connectivity index (χ0v) is 15.9. The van der Waals surface area contributed by atoms with Crippen molar-refractivity contribution < 1.29 is 9.59 Å². The van der Waals surface area contributed by atoms with Crippen molar-refractivity contribution in [2.45, 2.75) is 20.3 Å². The molecule has 1 aromatic heterocycles. The summed E-state index contributed by atoms with van der Waals surface area (Å²) in [6.45, 7) is 4.23. The van der Waals surface area contributed by atoms with Gasteiger partial charge in [0.05, 0.1) is 23.1 Å². The van der Waals surface area contributed by atoms with Crippen LogP contribution in [-0.4, -0.2) is 34.5 Å². The predicted molar refractivity (Wildman–Crippen MR) is 108 cm³/mol. The summed E-state index contributed by atoms with van der Waals surface area (Å²) >= 11 is 0. The molecule has 3 rings (SSSR count). The summed E-state index contributed by atoms with van der Waals surface area (Å²) in [5.74, 6) is -0.0105. The number of carbonyl (C=O) groups excluding carboxylic acids is 2. The van der Waals surface area contributed by atoms with Crippen LogP contribution >= 0.6 is 0 Å². The Kier molecular flexibility index (Phi) is 5.84. The molecule has 2 aromatic carbocycles. The molecule has 0 fully saturated rings. The number of amides is 2. The highest BCUT2D eigenvalue weighted by atomic mass is 16.2. The number of aryl methyl sites for hydroxylation is 1. The van der Waals surface area contributed by atoms with Gasteiger partial charge in [0, 0.05) is 12.1 Å². The lowest BCUT2D eigenvalue weighted by molar-refractivity contribution is -0.120. The van der Waals surface area contributed by atoms with Crippen molar-refractivity contribution in [3.05, 3.63) is 70.3 Å². The minimum Gasteiger partial charge on any atom is -0.355 e. The lowest BCUT2D eigenvalue weighted by atomic mass is 10.2. The second kappa shape index (κ2) is 8.47. The average Bonchev–Trinajstić information content (AvgIpc) is 2.71. The van der Waals surface area contributed by atoms with Gasteiger partial charge in [0.1, 0.15) is 5.82 Å². The van der Waals surface area contributed by atoms with Gasteiger partial charge in [0.2, 0.25) is 5.91 Å². The number of carbonyl (C=O) groups is 2. The van der Waals surface area contributed by atoms with Gasteiger partial charge < -0.3 is 10.6 Å². The molecule has 0 bridgehead atoms. The van der Waals surface area contributed by atoms with E-state index in [1.807, 2.05) is 13.0 Å². The van der Waals surface area contributed by atoms with E-state index in [2.05, 4.69) is 15.6 Å². The van der Waals surface area contributed by atoms with Crippen LogP contribution in [0.1, 0.15) is 29.5 Å². The van der Waals surface area contributed by atoms with Gasteiger partial charge in [-0.05, 0) is 49.7 Å². The van der Waals surface area contributed by atoms with Crippen molar-refractivity contribution in [3.8, 4) is 5.69 Å². The molecule has 0 aliphatic rings. The highest BCUT2D eigenvalue weighted by Gasteiger charge is 2.11. The van der Waals surface area contributed by atoms with Crippen molar-refractivity contribution in [2.24, 2.45) is 0 Å². The number of nitrogens with zero attached hydrogens (tertiary/aromatic N) is 2. The molecule has 0 unspecified atom stereocenters. The van der Waals surface area contributed by atoms with Crippen LogP contribution in [0.15, 0.2) is 53.3 Å². The molecule has 0 saturated heterocycles. The molecule has 3 aromatic rings. The first-order chi connectivity index (χ1) is 13.5. The van der Waals surface area contributed by atoms with Gasteiger partial charge in [0.25, 0.3) is 11.5 Å². The summed E-state index contributed by atoms with van der Waals surface area (Å²) in [5.41, 5.74) is 1.52. The molecule has 0 aliphatic carbocycles. The zero-order chi connectivity index (χ0) is 20.1. The molecule has 0 saturated carbocycles. The number of benzene rings is 2. The highest BCUT2D eigenvalue weighted by Crippen LogP contribution is 2.13. The van der Waals surface area contributed by atoms with E-state index < -0.39 is 0 Å². The summed E-state index contributed by atoms with van der Waals surface area (Å²) in [5, 5.41) is 5.82. The van der Waals surface area contributed by atoms with Crippen molar-refractivity contribution in [1.29, 1.82) is 0 Å². The molecule has 2 N–H and O–H groups in total. The Hall–Kier alpha value is -3.48. The van der Waals surface area contributed by atoms with Gasteiger partial charge in [-0.15, -0.1) is 0 Å². The average molecular weight is 378 g/mol. The Morgan fingerprint density at radius 3 is 2.46 bits per heavy atom. The van der Waals surface area contributed by atoms with Gasteiger partial charge >= 0.3 is 0 Å². The molecular weight excluding hydrogens is 356 g/mol. The van der Waals surface area contributed by atoms with Crippen LogP contribution in [0.2, 0.25) is 0 Å². The Labute approximate surface area is 162 Å². The monoisotopic (exact) mass is 378 g/mol. The second-order valence-corrected chi connectivity index (χ2v) is 6.40. The normalized spacial score (nSPS) is 10.6. The van der Waals surface area contributed by atoms with Crippen LogP contribution in [0.4, 0.5) is 0 Å². The number of aromatic nitrogens is 2. The fraction of sp³-hybridized carbons (Fsp3) is 0.238. The van der Waals surface area contributed by atoms with Crippen LogP contribution in [0.25, 0.3) is 16.6 Å². The Morgan fingerprint density at radius 2 is 1.75 bits per heavy atom. The third kappa shape index (κ3) is 4.09. The van der Waals surface area contributed by atoms with Crippen molar-refractivity contribution in [1.82, 2.24) is 20.2 Å². The number of nitrogens with one attached hydrogen (secondary N) is 2. The van der Waals surface area contributed by atoms with E-state index in [0.717, 1.165) is 6.42 Å². The maximum absolute atomic E-state index is 12.8. The summed E-state index contributed by atoms with van der Waals surface area (Å²) < 4.78 is 1.52. The van der Waals surface area contributed by atoms with Gasteiger partial charge in [-0.25, -0.2) is 4.98 Å². The lowest BCUT2D eigenvalue weighted by Gasteiger charge is -2.11. The van der Waals surface area contributed by atoms with Gasteiger partial charge in [-0.3, -0.25) is 19.0 Å². The van der Waals surface area contributed by atoms with Gasteiger partial charge in [0.15, 0.2) is 0 Å². The lowest BCUT2D eigenvalue weighted by Crippen LogP contribution is -2.37. The molecule has 144 valence electrons. The molecule has 28 heavy (non-hydrogen) atoms. The van der Waals surface area contributed by atoms with Crippen molar-refractivity contribution >= 4 is 22.7 Å². The predicted octanol–water partition coefficient (Wildman–Crippen LogP) is 1.95. The molecule has 0 atom stereocenters. The number of hydrogen-bond acceptors (Lipinski definition) is 4. The molecule has 0 radical (unpaired) electrons. The SMILES string of the molecule is CCCNC(=O)CNC(=O)c1ccc(-n2c(C)nc3ccccc3c2=O)cc1. The van der Waals surface area contributed by atoms with Crippen LogP contribution in [0.5, 0.6) is 0 Å². The first-order valence-electron chi connectivity index (χ1n) is 9.15. The van der Waals surface area contributed by atoms with E-state index in [9.17, 15) is 14.4 Å². The van der Waals surface area contributed by atoms with E-state index in [1.165, 1.54) is 4.57 Å². The third-order valence-electron chi connectivity index (χ3n) is 4.31. The number of para-hydroxylation sites is 1. The largest absolute Gasteiger partial charge is 0.355 e. The first kappa shape index (κ1) is 19.3. The topological polar surface area (TPSA) is 93.1 Å². The first-order valence-corrected chi connectivity index (χ1v) is 9.15. The van der Waals surface area contributed by atoms with Crippen molar-refractivity contribution in [3.63, 3.8) is 0 Å². The molecule has 0 aliphatic heterocycles. The van der Waals surface area contributed by atoms with E-state index >= 15 is 0 Å². The van der Waals surface area contributed by atoms with E-state index in [1.54, 1.807) is 49.4 Å². The van der Waals surface area contributed by atoms with Crippen LogP contribution in [0, 0.1) is 6.92 Å². The summed E-state index contributed by atoms with van der Waals surface area (Å²) in [7, 11) is 0. The molecule has 0 spiro atoms. The zero-order valence-electron chi connectivity index (χ0n) is 15.9. The third-order valence-corrected chi connectivity index (χ3v) is 4.31. The summed E-state index contributed by atoms with van der Waals surface area (Å²) in [6, 6.07) is 13.8. The standard InChI is InChI=1S/C21H22N4O3/c1-3-12-22-19(26)13-23-20(27)15-8-10-16(11-9-15)25-14(2)24-18-7-5-4-6-17(18)21(25)28/h4-11H,3,12-13H2,1-2H3,(H,22,26)(H,23,27). The minimum absolute atomic E-state index is 0.0756. The second-order valence-electron chi connectivity index (χ2n) is 6.40. The van der Waals surface area contributed by atoms with E-state index in [0.29, 0.717) is 34.5 Å². The highest BCUT2D eigenvalue weighted by molar-refractivity contribution is 5.96. The number of fused-ring (bicyclic) bond motifs is 1. The quantitative estimate of drug-likeness (QED) is 0.686. The summed E-state index contributed by atoms with van der Waals surface area (Å²) in [4.78, 5) is 41.1. The minimum atomic E-state index is -0.348. The van der Waals surface area contributed by atoms with E-state index in [-0.39, 0.29) is 23.9 Å². The van der Waals surface area contributed by atoms with Crippen LogP contribution in [0.3, 0.4) is 0 Å². The Balaban J connectivity index is 1.80. The molecule has 2 amide bonds. The molecule has 1 heterocycles. The fourth-order valence-corrected chi connectivity index (χ4v) is 2.90. The van der Waals surface area contributed by atoms with Gasteiger partial charge in [-0.2, -0.15) is 0 Å². The Morgan fingerprint density at radius 1 is 1.04 bits per heavy atom. The van der Waals surface area contributed by atoms with Crippen molar-refractivity contribution in [2.75, 3.05) is 13.1 Å². The van der Waals surface area contributed by atoms with Gasteiger partial charge in [-0.1, -0.05) is 19.1 Å². The van der Waals surface area contributed by atoms with E-state index in [4.69, 9.17) is 0 Å². The fourth-order valence-electron chi connectivity index (χ4n) is 2.90.